The van der Waals surface area contributed by atoms with Gasteiger partial charge in [0.25, 0.3) is 0 Å². The van der Waals surface area contributed by atoms with Crippen LogP contribution in [0.1, 0.15) is 5.69 Å². The summed E-state index contributed by atoms with van der Waals surface area (Å²) >= 11 is 0. The molecule has 0 fully saturated rings. The zero-order valence-electron chi connectivity index (χ0n) is 13.6. The van der Waals surface area contributed by atoms with Crippen LogP contribution in [0.15, 0.2) is 69.9 Å². The van der Waals surface area contributed by atoms with Crippen LogP contribution in [0, 0.1) is 0 Å². The number of hydrogen-bond donors (Lipinski definition) is 1. The van der Waals surface area contributed by atoms with Crippen LogP contribution in [-0.4, -0.2) is 14.9 Å². The van der Waals surface area contributed by atoms with Gasteiger partial charge < -0.3 is 9.52 Å². The topological polar surface area (TPSA) is 68.3 Å². The zero-order chi connectivity index (χ0) is 19.2. The Morgan fingerprint density at radius 1 is 0.963 bits per heavy atom. The van der Waals surface area contributed by atoms with Gasteiger partial charge in [-0.1, -0.05) is 48.5 Å². The molecule has 2 heterocycles. The Kier molecular flexibility index (Phi) is 3.76. The van der Waals surface area contributed by atoms with Gasteiger partial charge in [-0.2, -0.15) is 23.0 Å². The predicted molar refractivity (Wildman–Crippen MR) is 91.7 cm³/mol. The van der Waals surface area contributed by atoms with Crippen LogP contribution >= 0.6 is 0 Å². The molecular formula is C19H11F3N2O3. The van der Waals surface area contributed by atoms with E-state index in [0.717, 1.165) is 4.68 Å². The van der Waals surface area contributed by atoms with Crippen molar-refractivity contribution in [2.45, 2.75) is 6.18 Å². The molecule has 0 aliphatic carbocycles. The Bertz CT molecular complexity index is 1180. The highest BCUT2D eigenvalue weighted by atomic mass is 19.4. The Morgan fingerprint density at radius 3 is 2.15 bits per heavy atom. The summed E-state index contributed by atoms with van der Waals surface area (Å²) in [5, 5.41) is 13.5. The van der Waals surface area contributed by atoms with Crippen molar-refractivity contribution in [3.63, 3.8) is 0 Å². The summed E-state index contributed by atoms with van der Waals surface area (Å²) in [6.07, 6.45) is -4.86. The number of nitrogens with zero attached hydrogens (tertiary/aromatic N) is 2. The van der Waals surface area contributed by atoms with Crippen molar-refractivity contribution in [3.05, 3.63) is 76.8 Å². The Hall–Kier alpha value is -3.55. The molecule has 8 heteroatoms. The number of benzene rings is 2. The smallest absolute Gasteiger partial charge is 0.436 e. The lowest BCUT2D eigenvalue weighted by molar-refractivity contribution is -0.140. The van der Waals surface area contributed by atoms with Crippen molar-refractivity contribution in [2.24, 2.45) is 0 Å². The third-order valence-corrected chi connectivity index (χ3v) is 4.04. The molecule has 0 aliphatic rings. The average molecular weight is 372 g/mol. The maximum absolute atomic E-state index is 13.6. The first-order valence-corrected chi connectivity index (χ1v) is 7.85. The first-order chi connectivity index (χ1) is 12.9. The third-order valence-electron chi connectivity index (χ3n) is 4.04. The molecule has 0 saturated carbocycles. The van der Waals surface area contributed by atoms with Crippen molar-refractivity contribution >= 4 is 11.1 Å². The van der Waals surface area contributed by atoms with E-state index in [1.807, 2.05) is 0 Å². The third kappa shape index (κ3) is 2.75. The van der Waals surface area contributed by atoms with Gasteiger partial charge in [-0.15, -0.1) is 0 Å². The second-order valence-corrected chi connectivity index (χ2v) is 5.75. The minimum atomic E-state index is -4.86. The van der Waals surface area contributed by atoms with Gasteiger partial charge in [0.1, 0.15) is 16.7 Å². The maximum Gasteiger partial charge on any atom is 0.436 e. The van der Waals surface area contributed by atoms with Crippen LogP contribution in [0.4, 0.5) is 13.2 Å². The number of aromatic nitrogens is 2. The first kappa shape index (κ1) is 16.9. The molecule has 0 spiro atoms. The quantitative estimate of drug-likeness (QED) is 0.567. The Balaban J connectivity index is 2.13. The van der Waals surface area contributed by atoms with Crippen LogP contribution in [0.25, 0.3) is 27.9 Å². The number of fused-ring (bicyclic) bond motifs is 1. The van der Waals surface area contributed by atoms with E-state index in [2.05, 4.69) is 5.10 Å². The van der Waals surface area contributed by atoms with Gasteiger partial charge in [0, 0.05) is 0 Å². The molecule has 2 aromatic heterocycles. The van der Waals surface area contributed by atoms with Crippen LogP contribution in [0.3, 0.4) is 0 Å². The molecule has 0 saturated heterocycles. The lowest BCUT2D eigenvalue weighted by atomic mass is 10.1. The molecule has 5 nitrogen and oxygen atoms in total. The molecule has 0 bridgehead atoms. The summed E-state index contributed by atoms with van der Waals surface area (Å²) in [5.74, 6) is -0.818. The normalized spacial score (nSPS) is 11.8. The highest BCUT2D eigenvalue weighted by Gasteiger charge is 2.40. The van der Waals surface area contributed by atoms with E-state index in [9.17, 15) is 23.1 Å². The second kappa shape index (κ2) is 6.01. The average Bonchev–Trinajstić information content (AvgIpc) is 3.03. The molecule has 27 heavy (non-hydrogen) atoms. The number of rotatable bonds is 2. The molecule has 0 aliphatic heterocycles. The van der Waals surface area contributed by atoms with E-state index in [4.69, 9.17) is 4.42 Å². The highest BCUT2D eigenvalue weighted by Crippen LogP contribution is 2.41. The molecule has 0 atom stereocenters. The number of hydrogen-bond acceptors (Lipinski definition) is 4. The number of aromatic hydroxyl groups is 1. The van der Waals surface area contributed by atoms with Gasteiger partial charge in [-0.3, -0.25) is 0 Å². The summed E-state index contributed by atoms with van der Waals surface area (Å²) < 4.78 is 46.7. The van der Waals surface area contributed by atoms with Crippen molar-refractivity contribution < 1.29 is 22.7 Å². The lowest BCUT2D eigenvalue weighted by Gasteiger charge is -2.07. The standard InChI is InChI=1S/C19H11F3N2O3/c20-19(21,22)16-14-15(25)13(11-7-3-1-4-8-11)18(26)27-17(14)24(23-16)12-9-5-2-6-10-12/h1-10,25H. The summed E-state index contributed by atoms with van der Waals surface area (Å²) in [6, 6.07) is 15.8. The predicted octanol–water partition coefficient (Wildman–Crippen LogP) is 4.37. The fourth-order valence-electron chi connectivity index (χ4n) is 2.87. The van der Waals surface area contributed by atoms with Gasteiger partial charge in [-0.25, -0.2) is 4.79 Å². The van der Waals surface area contributed by atoms with E-state index >= 15 is 0 Å². The van der Waals surface area contributed by atoms with Gasteiger partial charge in [0.2, 0.25) is 5.71 Å². The molecule has 4 rings (SSSR count). The van der Waals surface area contributed by atoms with E-state index < -0.39 is 34.3 Å². The molecule has 4 aromatic rings. The van der Waals surface area contributed by atoms with Crippen molar-refractivity contribution in [2.75, 3.05) is 0 Å². The van der Waals surface area contributed by atoms with E-state index in [0.29, 0.717) is 0 Å². The Labute approximate surface area is 149 Å². The minimum absolute atomic E-state index is 0.242. The van der Waals surface area contributed by atoms with E-state index in [1.54, 1.807) is 36.4 Å². The number of halogens is 3. The molecular weight excluding hydrogens is 361 g/mol. The SMILES string of the molecule is O=c1oc2c(c(C(F)(F)F)nn2-c2ccccc2)c(O)c1-c1ccccc1. The monoisotopic (exact) mass is 372 g/mol. The molecule has 1 N–H and O–H groups in total. The lowest BCUT2D eigenvalue weighted by Crippen LogP contribution is -2.08. The zero-order valence-corrected chi connectivity index (χ0v) is 13.6. The minimum Gasteiger partial charge on any atom is -0.506 e. The van der Waals surface area contributed by atoms with Crippen LogP contribution in [-0.2, 0) is 6.18 Å². The summed E-state index contributed by atoms with van der Waals surface area (Å²) in [5.41, 5.74) is -2.62. The van der Waals surface area contributed by atoms with Crippen molar-refractivity contribution in [3.8, 4) is 22.6 Å². The maximum atomic E-state index is 13.6. The molecule has 0 unspecified atom stereocenters. The summed E-state index contributed by atoms with van der Waals surface area (Å²) in [6.45, 7) is 0. The van der Waals surface area contributed by atoms with Crippen molar-refractivity contribution in [1.29, 1.82) is 0 Å². The fraction of sp³-hybridized carbons (Fsp3) is 0.0526. The van der Waals surface area contributed by atoms with Crippen LogP contribution in [0.5, 0.6) is 5.75 Å². The summed E-state index contributed by atoms with van der Waals surface area (Å²) in [7, 11) is 0. The number of alkyl halides is 3. The highest BCUT2D eigenvalue weighted by molar-refractivity contribution is 5.91. The van der Waals surface area contributed by atoms with Gasteiger partial charge in [0.05, 0.1) is 5.69 Å². The van der Waals surface area contributed by atoms with Gasteiger partial charge in [0.15, 0.2) is 5.69 Å². The second-order valence-electron chi connectivity index (χ2n) is 5.75. The van der Waals surface area contributed by atoms with E-state index in [-0.39, 0.29) is 16.8 Å². The first-order valence-electron chi connectivity index (χ1n) is 7.85. The number of para-hydroxylation sites is 1. The molecule has 0 radical (unpaired) electrons. The molecule has 136 valence electrons. The Morgan fingerprint density at radius 2 is 1.56 bits per heavy atom. The van der Waals surface area contributed by atoms with Crippen LogP contribution in [0.2, 0.25) is 0 Å². The molecule has 0 amide bonds. The van der Waals surface area contributed by atoms with Gasteiger partial charge in [-0.05, 0) is 17.7 Å². The fourth-order valence-corrected chi connectivity index (χ4v) is 2.87. The van der Waals surface area contributed by atoms with E-state index in [1.165, 1.54) is 24.3 Å². The largest absolute Gasteiger partial charge is 0.506 e. The van der Waals surface area contributed by atoms with Crippen LogP contribution < -0.4 is 5.63 Å². The summed E-state index contributed by atoms with van der Waals surface area (Å²) in [4.78, 5) is 12.4. The van der Waals surface area contributed by atoms with Gasteiger partial charge >= 0.3 is 11.8 Å². The molecule has 2 aromatic carbocycles. The van der Waals surface area contributed by atoms with Crippen molar-refractivity contribution in [1.82, 2.24) is 9.78 Å².